The Hall–Kier alpha value is -2.76. The quantitative estimate of drug-likeness (QED) is 0.0452. The molecule has 0 atom stereocenters. The van der Waals surface area contributed by atoms with Gasteiger partial charge in [0.2, 0.25) is 0 Å². The smallest absolute Gasteiger partial charge is 0.506 e. The van der Waals surface area contributed by atoms with E-state index in [1.54, 1.807) is 18.2 Å². The van der Waals surface area contributed by atoms with Crippen molar-refractivity contribution in [2.45, 2.75) is 194 Å². The number of fused-ring (bicyclic) bond motifs is 1. The number of phenolic OH excluding ortho intramolecular Hbond substituents is 1. The van der Waals surface area contributed by atoms with Gasteiger partial charge in [0.15, 0.2) is 0 Å². The largest absolute Gasteiger partial charge is 0.513 e. The minimum Gasteiger partial charge on any atom is -0.506 e. The van der Waals surface area contributed by atoms with Crippen LogP contribution in [0.1, 0.15) is 204 Å². The Balaban J connectivity index is 1.61. The molecular weight excluding hydrogens is 622 g/mol. The average molecular weight is 696 g/mol. The topological polar surface area (TPSA) is 84.9 Å². The Morgan fingerprint density at radius 2 is 0.960 bits per heavy atom. The van der Waals surface area contributed by atoms with Crippen molar-refractivity contribution in [3.05, 3.63) is 35.9 Å². The predicted molar refractivity (Wildman–Crippen MR) is 211 cm³/mol. The van der Waals surface area contributed by atoms with E-state index in [9.17, 15) is 14.7 Å². The van der Waals surface area contributed by atoms with Crippen LogP contribution in [-0.4, -0.2) is 30.3 Å². The zero-order valence-corrected chi connectivity index (χ0v) is 32.2. The highest BCUT2D eigenvalue weighted by molar-refractivity contribution is 6.06. The van der Waals surface area contributed by atoms with Crippen LogP contribution in [0.4, 0.5) is 4.79 Å². The van der Waals surface area contributed by atoms with Crippen LogP contribution in [0, 0.1) is 0 Å². The number of rotatable bonds is 32. The summed E-state index contributed by atoms with van der Waals surface area (Å²) in [6.45, 7) is 5.38. The second-order valence-electron chi connectivity index (χ2n) is 14.5. The number of unbranched alkanes of at least 4 members (excludes halogenated alkanes) is 26. The average Bonchev–Trinajstić information content (AvgIpc) is 3.12. The number of amides is 1. The molecule has 50 heavy (non-hydrogen) atoms. The molecule has 0 aromatic heterocycles. The lowest BCUT2D eigenvalue weighted by Gasteiger charge is -2.13. The number of ether oxygens (including phenoxy) is 2. The number of phenols is 1. The Kier molecular flexibility index (Phi) is 26.0. The fourth-order valence-corrected chi connectivity index (χ4v) is 6.77. The first-order valence-corrected chi connectivity index (χ1v) is 21.0. The fourth-order valence-electron chi connectivity index (χ4n) is 6.77. The monoisotopic (exact) mass is 696 g/mol. The third-order valence-electron chi connectivity index (χ3n) is 9.95. The molecule has 284 valence electrons. The van der Waals surface area contributed by atoms with Crippen LogP contribution in [0.5, 0.6) is 11.5 Å². The standard InChI is InChI=1S/C44H73NO5/c1-3-5-7-9-11-13-15-17-19-21-23-25-27-31-35-45-43(47)40-37-41(38-33-29-30-34-39(38)42(40)46)50-44(48)49-36-32-28-26-24-22-20-18-16-14-12-10-8-6-4-2/h29-30,33-34,37,46H,3-28,31-32,35-36H2,1-2H3,(H,45,47). The minimum atomic E-state index is -0.788. The summed E-state index contributed by atoms with van der Waals surface area (Å²) in [5, 5.41) is 14.9. The maximum atomic E-state index is 13.1. The van der Waals surface area contributed by atoms with Gasteiger partial charge in [0.25, 0.3) is 5.91 Å². The molecule has 1 amide bonds. The van der Waals surface area contributed by atoms with E-state index in [0.717, 1.165) is 32.1 Å². The van der Waals surface area contributed by atoms with E-state index in [-0.39, 0.29) is 23.0 Å². The van der Waals surface area contributed by atoms with Gasteiger partial charge in [0, 0.05) is 17.3 Å². The van der Waals surface area contributed by atoms with Crippen molar-refractivity contribution in [2.24, 2.45) is 0 Å². The fraction of sp³-hybridized carbons (Fsp3) is 0.727. The lowest BCUT2D eigenvalue weighted by Crippen LogP contribution is -2.24. The normalized spacial score (nSPS) is 11.2. The molecule has 0 bridgehead atoms. The first-order chi connectivity index (χ1) is 24.6. The van der Waals surface area contributed by atoms with Gasteiger partial charge in [0.05, 0.1) is 12.2 Å². The van der Waals surface area contributed by atoms with Crippen LogP contribution >= 0.6 is 0 Å². The first kappa shape index (κ1) is 43.4. The van der Waals surface area contributed by atoms with Crippen LogP contribution in [0.15, 0.2) is 30.3 Å². The molecule has 0 radical (unpaired) electrons. The molecule has 6 heteroatoms. The summed E-state index contributed by atoms with van der Waals surface area (Å²) in [4.78, 5) is 25.6. The molecule has 0 aliphatic heterocycles. The van der Waals surface area contributed by atoms with Gasteiger partial charge in [-0.25, -0.2) is 4.79 Å². The van der Waals surface area contributed by atoms with Gasteiger partial charge >= 0.3 is 6.16 Å². The summed E-state index contributed by atoms with van der Waals surface area (Å²) >= 11 is 0. The molecule has 6 nitrogen and oxygen atoms in total. The maximum absolute atomic E-state index is 13.1. The zero-order chi connectivity index (χ0) is 35.9. The van der Waals surface area contributed by atoms with Gasteiger partial charge in [-0.05, 0) is 18.9 Å². The van der Waals surface area contributed by atoms with Crippen LogP contribution in [0.3, 0.4) is 0 Å². The Morgan fingerprint density at radius 3 is 1.42 bits per heavy atom. The van der Waals surface area contributed by atoms with E-state index in [4.69, 9.17) is 9.47 Å². The van der Waals surface area contributed by atoms with E-state index in [1.165, 1.54) is 154 Å². The maximum Gasteiger partial charge on any atom is 0.513 e. The highest BCUT2D eigenvalue weighted by Gasteiger charge is 2.19. The van der Waals surface area contributed by atoms with Gasteiger partial charge in [-0.2, -0.15) is 0 Å². The highest BCUT2D eigenvalue weighted by Crippen LogP contribution is 2.36. The second kappa shape index (κ2) is 29.9. The number of carbonyl (C=O) groups is 2. The number of carbonyl (C=O) groups excluding carboxylic acids is 2. The van der Waals surface area contributed by atoms with Gasteiger partial charge < -0.3 is 19.9 Å². The Labute approximate surface area is 305 Å². The summed E-state index contributed by atoms with van der Waals surface area (Å²) in [5.41, 5.74) is 0.101. The lowest BCUT2D eigenvalue weighted by molar-refractivity contribution is 0.0937. The molecule has 0 saturated carbocycles. The third kappa shape index (κ3) is 20.2. The summed E-state index contributed by atoms with van der Waals surface area (Å²) in [6.07, 6.45) is 34.9. The van der Waals surface area contributed by atoms with E-state index in [1.807, 2.05) is 6.07 Å². The van der Waals surface area contributed by atoms with Gasteiger partial charge in [-0.15, -0.1) is 0 Å². The predicted octanol–water partition coefficient (Wildman–Crippen LogP) is 13.8. The van der Waals surface area contributed by atoms with E-state index >= 15 is 0 Å². The number of hydrogen-bond donors (Lipinski definition) is 2. The van der Waals surface area contributed by atoms with Crippen molar-refractivity contribution >= 4 is 22.8 Å². The zero-order valence-electron chi connectivity index (χ0n) is 32.2. The molecule has 2 aromatic rings. The summed E-state index contributed by atoms with van der Waals surface area (Å²) in [5.74, 6) is -0.267. The summed E-state index contributed by atoms with van der Waals surface area (Å²) < 4.78 is 10.9. The van der Waals surface area contributed by atoms with Gasteiger partial charge in [-0.3, -0.25) is 4.79 Å². The number of hydrogen-bond acceptors (Lipinski definition) is 5. The second-order valence-corrected chi connectivity index (χ2v) is 14.5. The van der Waals surface area contributed by atoms with Crippen LogP contribution < -0.4 is 10.1 Å². The lowest BCUT2D eigenvalue weighted by atomic mass is 10.0. The minimum absolute atomic E-state index is 0.101. The first-order valence-electron chi connectivity index (χ1n) is 21.0. The Morgan fingerprint density at radius 1 is 0.560 bits per heavy atom. The highest BCUT2D eigenvalue weighted by atomic mass is 16.7. The molecule has 0 aliphatic rings. The van der Waals surface area contributed by atoms with E-state index < -0.39 is 6.16 Å². The third-order valence-corrected chi connectivity index (χ3v) is 9.95. The molecule has 0 aliphatic carbocycles. The molecular formula is C44H73NO5. The summed E-state index contributed by atoms with van der Waals surface area (Å²) in [7, 11) is 0. The van der Waals surface area contributed by atoms with E-state index in [2.05, 4.69) is 19.2 Å². The van der Waals surface area contributed by atoms with Crippen molar-refractivity contribution in [1.82, 2.24) is 5.32 Å². The van der Waals surface area contributed by atoms with Gasteiger partial charge in [-0.1, -0.05) is 205 Å². The summed E-state index contributed by atoms with van der Waals surface area (Å²) in [6, 6.07) is 8.54. The van der Waals surface area contributed by atoms with Gasteiger partial charge in [0.1, 0.15) is 11.5 Å². The molecule has 0 fully saturated rings. The Bertz CT molecular complexity index is 1150. The number of aromatic hydroxyl groups is 1. The van der Waals surface area contributed by atoms with E-state index in [0.29, 0.717) is 23.9 Å². The molecule has 2 aromatic carbocycles. The number of benzene rings is 2. The number of nitrogens with one attached hydrogen (secondary N) is 1. The van der Waals surface area contributed by atoms with Crippen LogP contribution in [0.2, 0.25) is 0 Å². The van der Waals surface area contributed by atoms with Crippen molar-refractivity contribution in [3.8, 4) is 11.5 Å². The van der Waals surface area contributed by atoms with Crippen molar-refractivity contribution in [3.63, 3.8) is 0 Å². The van der Waals surface area contributed by atoms with Crippen molar-refractivity contribution in [2.75, 3.05) is 13.2 Å². The molecule has 2 N–H and O–H groups in total. The van der Waals surface area contributed by atoms with Crippen LogP contribution in [0.25, 0.3) is 10.8 Å². The SMILES string of the molecule is CCCCCCCCCCCCCCCCNC(=O)c1cc(OC(=O)OCCCCCCCCCCCCCCCC)c2ccccc2c1O. The molecule has 2 rings (SSSR count). The van der Waals surface area contributed by atoms with Crippen molar-refractivity contribution in [1.29, 1.82) is 0 Å². The molecule has 0 unspecified atom stereocenters. The molecule has 0 heterocycles. The molecule has 0 spiro atoms. The molecule has 0 saturated heterocycles. The van der Waals surface area contributed by atoms with Crippen LogP contribution in [-0.2, 0) is 4.74 Å². The van der Waals surface area contributed by atoms with Crippen molar-refractivity contribution < 1.29 is 24.2 Å².